The van der Waals surface area contributed by atoms with Crippen molar-refractivity contribution in [3.8, 4) is 0 Å². The minimum Gasteiger partial charge on any atom is -0.462 e. The molecule has 21 heteroatoms. The lowest BCUT2D eigenvalue weighted by atomic mass is 10.2. The molecule has 0 saturated heterocycles. The van der Waals surface area contributed by atoms with Crippen LogP contribution in [0.2, 0.25) is 0 Å². The van der Waals surface area contributed by atoms with E-state index in [1.54, 1.807) is 75.5 Å². The van der Waals surface area contributed by atoms with Crippen LogP contribution in [0.15, 0.2) is 328 Å². The largest absolute Gasteiger partial charge is 0.462 e. The van der Waals surface area contributed by atoms with Gasteiger partial charge in [-0.3, -0.25) is 0 Å². The molecule has 21 nitrogen and oxygen atoms in total. The Bertz CT molecular complexity index is 4500. The second-order valence-electron chi connectivity index (χ2n) is 24.8. The van der Waals surface area contributed by atoms with Gasteiger partial charge in [0.15, 0.2) is 0 Å². The van der Waals surface area contributed by atoms with Crippen molar-refractivity contribution in [2.45, 2.75) is 51.9 Å². The molecule has 0 fully saturated rings. The maximum Gasteiger partial charge on any atom is 0.331 e. The predicted molar refractivity (Wildman–Crippen MR) is 462 cm³/mol. The van der Waals surface area contributed by atoms with Crippen molar-refractivity contribution in [2.24, 2.45) is 0 Å². The highest BCUT2D eigenvalue weighted by Crippen LogP contribution is 2.10. The topological polar surface area (TPSA) is 297 Å². The summed E-state index contributed by atoms with van der Waals surface area (Å²) in [5.74, 6) is -4.02. The summed E-state index contributed by atoms with van der Waals surface area (Å²) >= 11 is 0. The highest BCUT2D eigenvalue weighted by Gasteiger charge is 2.11. The Kier molecular flexibility index (Phi) is 51.5. The second kappa shape index (κ2) is 63.1. The molecule has 9 aromatic rings. The SMILES string of the molecule is CC(CO)OC(=O)/C=C/c1ccccc1.CC(COC(=O)/C=C/c1ccccc1)OC(=O)/C=C/c1ccccc1.CC(O)COC(=O)/C=C/c1ccccc1.O=C(/C=C/c1ccccc1)OCCCO.O=C(/C=C/c1ccccc1)OCCCOC(=O)/C=C/c1ccccc1.O=C(/C=C/c1ccccc1)OCCOC(=O)/C=C/c1ccccc1. The molecule has 0 spiro atoms. The lowest BCUT2D eigenvalue weighted by Gasteiger charge is -2.11. The van der Waals surface area contributed by atoms with Gasteiger partial charge < -0.3 is 58.0 Å². The van der Waals surface area contributed by atoms with Gasteiger partial charge in [-0.25, -0.2) is 43.2 Å². The number of rotatable bonds is 35. The summed E-state index contributed by atoms with van der Waals surface area (Å²) in [6, 6.07) is 85.1. The fourth-order valence-corrected chi connectivity index (χ4v) is 8.77. The van der Waals surface area contributed by atoms with E-state index < -0.39 is 66.1 Å². The van der Waals surface area contributed by atoms with Crippen molar-refractivity contribution >= 4 is 108 Å². The summed E-state index contributed by atoms with van der Waals surface area (Å²) in [4.78, 5) is 103. The first-order valence-electron chi connectivity index (χ1n) is 37.9. The van der Waals surface area contributed by atoms with Gasteiger partial charge in [-0.2, -0.15) is 0 Å². The summed E-state index contributed by atoms with van der Waals surface area (Å²) in [5, 5.41) is 26.0. The first-order valence-corrected chi connectivity index (χ1v) is 37.9. The Morgan fingerprint density at radius 2 is 0.429 bits per heavy atom. The van der Waals surface area contributed by atoms with E-state index in [4.69, 9.17) is 58.0 Å². The molecule has 9 rings (SSSR count). The first-order chi connectivity index (χ1) is 57.8. The molecular formula is C98H100O21. The lowest BCUT2D eigenvalue weighted by Crippen LogP contribution is -2.20. The fraction of sp³-hybridized carbons (Fsp3) is 0.173. The van der Waals surface area contributed by atoms with Crippen molar-refractivity contribution in [3.63, 3.8) is 0 Å². The molecule has 0 radical (unpaired) electrons. The Balaban J connectivity index is 0.000000305. The molecule has 0 aliphatic rings. The number of aliphatic hydroxyl groups is 3. The number of hydrogen-bond donors (Lipinski definition) is 3. The van der Waals surface area contributed by atoms with Crippen LogP contribution in [0.1, 0.15) is 83.7 Å². The molecule has 0 bridgehead atoms. The molecule has 3 N–H and O–H groups in total. The highest BCUT2D eigenvalue weighted by molar-refractivity contribution is 5.91. The lowest BCUT2D eigenvalue weighted by molar-refractivity contribution is -0.151. The zero-order chi connectivity index (χ0) is 85.8. The molecule has 0 amide bonds. The van der Waals surface area contributed by atoms with E-state index in [-0.39, 0.29) is 65.4 Å². The van der Waals surface area contributed by atoms with E-state index in [0.29, 0.717) is 12.8 Å². The summed E-state index contributed by atoms with van der Waals surface area (Å²) in [7, 11) is 0. The van der Waals surface area contributed by atoms with Crippen molar-refractivity contribution in [3.05, 3.63) is 378 Å². The van der Waals surface area contributed by atoms with Crippen LogP contribution in [0, 0.1) is 0 Å². The smallest absolute Gasteiger partial charge is 0.331 e. The van der Waals surface area contributed by atoms with Gasteiger partial charge in [0.1, 0.15) is 38.6 Å². The third kappa shape index (κ3) is 52.7. The van der Waals surface area contributed by atoms with Crippen LogP contribution >= 0.6 is 0 Å². The Morgan fingerprint density at radius 1 is 0.244 bits per heavy atom. The van der Waals surface area contributed by atoms with E-state index in [0.717, 1.165) is 50.1 Å². The summed E-state index contributed by atoms with van der Waals surface area (Å²) < 4.78 is 44.6. The maximum absolute atomic E-state index is 11.7. The number of esters is 9. The van der Waals surface area contributed by atoms with E-state index in [9.17, 15) is 43.2 Å². The second-order valence-corrected chi connectivity index (χ2v) is 24.8. The van der Waals surface area contributed by atoms with E-state index in [1.807, 2.05) is 273 Å². The molecule has 0 saturated carbocycles. The average Bonchev–Trinajstić information content (AvgIpc) is 1.03. The summed E-state index contributed by atoms with van der Waals surface area (Å²) in [6.07, 6.45) is 26.6. The van der Waals surface area contributed by atoms with E-state index in [2.05, 4.69) is 0 Å². The van der Waals surface area contributed by atoms with Crippen LogP contribution in [0.25, 0.3) is 54.7 Å². The Morgan fingerprint density at radius 3 is 0.639 bits per heavy atom. The number of carbonyl (C=O) groups is 9. The average molecular weight is 1610 g/mol. The zero-order valence-electron chi connectivity index (χ0n) is 66.6. The van der Waals surface area contributed by atoms with Gasteiger partial charge in [0, 0.05) is 74.1 Å². The minimum absolute atomic E-state index is 0.00286. The third-order valence-electron chi connectivity index (χ3n) is 14.6. The Labute approximate surface area is 695 Å². The van der Waals surface area contributed by atoms with Crippen molar-refractivity contribution in [2.75, 3.05) is 59.5 Å². The van der Waals surface area contributed by atoms with Crippen molar-refractivity contribution in [1.82, 2.24) is 0 Å². The minimum atomic E-state index is -0.626. The van der Waals surface area contributed by atoms with Gasteiger partial charge in [-0.05, 0) is 126 Å². The fourth-order valence-electron chi connectivity index (χ4n) is 8.77. The van der Waals surface area contributed by atoms with Crippen LogP contribution in [0.5, 0.6) is 0 Å². The molecule has 618 valence electrons. The number of aliphatic hydroxyl groups excluding tert-OH is 3. The van der Waals surface area contributed by atoms with Gasteiger partial charge in [-0.15, -0.1) is 0 Å². The number of benzene rings is 9. The highest BCUT2D eigenvalue weighted by atomic mass is 16.6. The van der Waals surface area contributed by atoms with Crippen LogP contribution < -0.4 is 0 Å². The van der Waals surface area contributed by atoms with Crippen LogP contribution in [0.3, 0.4) is 0 Å². The molecule has 0 aliphatic heterocycles. The van der Waals surface area contributed by atoms with Crippen molar-refractivity contribution in [1.29, 1.82) is 0 Å². The van der Waals surface area contributed by atoms with E-state index in [1.165, 1.54) is 54.7 Å². The van der Waals surface area contributed by atoms with Crippen LogP contribution in [0.4, 0.5) is 0 Å². The number of carbonyl (C=O) groups excluding carboxylic acids is 9. The summed E-state index contributed by atoms with van der Waals surface area (Å²) in [5.41, 5.74) is 8.32. The van der Waals surface area contributed by atoms with Gasteiger partial charge in [0.25, 0.3) is 0 Å². The maximum atomic E-state index is 11.7. The first kappa shape index (κ1) is 97.1. The number of ether oxygens (including phenoxy) is 9. The normalized spacial score (nSPS) is 11.5. The van der Waals surface area contributed by atoms with Crippen molar-refractivity contribution < 1.29 is 101 Å². The van der Waals surface area contributed by atoms with Gasteiger partial charge in [0.2, 0.25) is 0 Å². The van der Waals surface area contributed by atoms with Crippen LogP contribution in [-0.2, 0) is 85.8 Å². The molecule has 119 heavy (non-hydrogen) atoms. The zero-order valence-corrected chi connectivity index (χ0v) is 66.6. The Hall–Kier alpha value is -14.3. The molecule has 9 aromatic carbocycles. The molecule has 3 atom stereocenters. The molecule has 3 unspecified atom stereocenters. The van der Waals surface area contributed by atoms with Crippen LogP contribution in [-0.4, -0.2) is 147 Å². The number of hydrogen-bond acceptors (Lipinski definition) is 21. The summed E-state index contributed by atoms with van der Waals surface area (Å²) in [6.45, 7) is 5.47. The van der Waals surface area contributed by atoms with E-state index >= 15 is 0 Å². The van der Waals surface area contributed by atoms with Gasteiger partial charge in [-0.1, -0.05) is 273 Å². The van der Waals surface area contributed by atoms with Gasteiger partial charge in [0.05, 0.1) is 32.5 Å². The molecular weight excluding hydrogens is 1510 g/mol. The van der Waals surface area contributed by atoms with Gasteiger partial charge >= 0.3 is 53.7 Å². The molecule has 0 heterocycles. The standard InChI is InChI=1S/2C21H20O4.C20H18O4.3C12H14O3/c1-17(25-21(23)15-13-19-10-6-3-7-11-19)16-24-20(22)14-12-18-8-4-2-5-9-18;22-20(14-12-18-8-3-1-4-9-18)24-16-7-17-25-21(23)15-13-19-10-5-2-6-11-19;21-19(13-11-17-7-3-1-4-8-17)23-15-16-24-20(22)14-12-18-9-5-2-6-10-18;1-10(13)9-15-12(14)8-7-11-5-3-2-4-6-11;1-10(9-13)15-12(14)8-7-11-5-3-2-4-6-11;13-9-4-10-15-12(14)8-7-11-5-2-1-3-6-11/h2-15,17H,16H2,1H3;1-6,8-15H,7,16-17H2;1-14H,15-16H2;2*2-8,10,13H,9H2,1H3;1-3,5-8,13H,4,9-10H2/b2*14-12+,15-13+;13-11+,14-12+;3*8-7+. The molecule has 0 aliphatic carbocycles. The quantitative estimate of drug-likeness (QED) is 0.0144. The molecule has 0 aromatic heterocycles. The predicted octanol–water partition coefficient (Wildman–Crippen LogP) is 16.2. The third-order valence-corrected chi connectivity index (χ3v) is 14.6. The monoisotopic (exact) mass is 1610 g/mol.